The van der Waals surface area contributed by atoms with E-state index in [1.165, 1.54) is 6.42 Å². The summed E-state index contributed by atoms with van der Waals surface area (Å²) >= 11 is 3.43. The molecule has 1 aliphatic rings. The third-order valence-corrected chi connectivity index (χ3v) is 7.07. The van der Waals surface area contributed by atoms with Crippen LogP contribution in [0.4, 0.5) is 5.69 Å². The highest BCUT2D eigenvalue weighted by atomic mass is 79.9. The van der Waals surface area contributed by atoms with Crippen LogP contribution in [0.5, 0.6) is 0 Å². The topological polar surface area (TPSA) is 75.4 Å². The van der Waals surface area contributed by atoms with E-state index in [0.29, 0.717) is 25.2 Å². The van der Waals surface area contributed by atoms with Gasteiger partial charge in [-0.2, -0.15) is 0 Å². The quantitative estimate of drug-likeness (QED) is 0.358. The Hall–Kier alpha value is -2.96. The second-order valence-electron chi connectivity index (χ2n) is 9.17. The van der Waals surface area contributed by atoms with Crippen molar-refractivity contribution in [1.82, 2.24) is 4.90 Å². The maximum atomic E-state index is 13.7. The number of nitrogens with zero attached hydrogens (tertiary/aromatic N) is 1. The first kappa shape index (κ1) is 25.1. The molecule has 35 heavy (non-hydrogen) atoms. The molecule has 0 aliphatic heterocycles. The van der Waals surface area contributed by atoms with Crippen molar-refractivity contribution in [1.29, 1.82) is 0 Å². The maximum Gasteiger partial charge on any atom is 0.255 e. The zero-order valence-corrected chi connectivity index (χ0v) is 21.5. The van der Waals surface area contributed by atoms with Gasteiger partial charge in [0.15, 0.2) is 0 Å². The standard InChI is InChI=1S/C29H32BrN3O2/c30-26-14-7-13-24(17-26)28(34)32-27-15-5-4-12-25(27)20-33(29(35)23-10-2-1-3-11-23)19-22-9-6-8-21(16-22)18-31/h4-9,12-17,23H,1-3,10-11,18-20,31H2,(H,32,34). The molecule has 0 aromatic heterocycles. The van der Waals surface area contributed by atoms with Crippen LogP contribution in [-0.4, -0.2) is 16.7 Å². The van der Waals surface area contributed by atoms with E-state index in [0.717, 1.165) is 52.5 Å². The van der Waals surface area contributed by atoms with E-state index in [4.69, 9.17) is 5.73 Å². The molecule has 0 saturated heterocycles. The van der Waals surface area contributed by atoms with Gasteiger partial charge in [0.1, 0.15) is 0 Å². The van der Waals surface area contributed by atoms with E-state index in [1.54, 1.807) is 12.1 Å². The van der Waals surface area contributed by atoms with E-state index in [9.17, 15) is 9.59 Å². The Morgan fingerprint density at radius 3 is 2.40 bits per heavy atom. The smallest absolute Gasteiger partial charge is 0.255 e. The van der Waals surface area contributed by atoms with Gasteiger partial charge in [0.25, 0.3) is 5.91 Å². The molecule has 3 aromatic rings. The number of carbonyl (C=O) groups is 2. The fourth-order valence-corrected chi connectivity index (χ4v) is 5.10. The van der Waals surface area contributed by atoms with E-state index in [-0.39, 0.29) is 17.7 Å². The number of nitrogens with two attached hydrogens (primary N) is 1. The molecule has 0 unspecified atom stereocenters. The zero-order chi connectivity index (χ0) is 24.6. The Kier molecular flexibility index (Phi) is 8.72. The SMILES string of the molecule is NCc1cccc(CN(Cc2ccccc2NC(=O)c2cccc(Br)c2)C(=O)C2CCCCC2)c1. The second-order valence-corrected chi connectivity index (χ2v) is 10.1. The van der Waals surface area contributed by atoms with Crippen molar-refractivity contribution in [2.24, 2.45) is 11.7 Å². The van der Waals surface area contributed by atoms with Gasteiger partial charge in [-0.25, -0.2) is 0 Å². The van der Waals surface area contributed by atoms with Gasteiger partial charge in [0.05, 0.1) is 0 Å². The molecule has 1 fully saturated rings. The summed E-state index contributed by atoms with van der Waals surface area (Å²) in [7, 11) is 0. The highest BCUT2D eigenvalue weighted by molar-refractivity contribution is 9.10. The summed E-state index contributed by atoms with van der Waals surface area (Å²) in [5.41, 5.74) is 10.2. The predicted octanol–water partition coefficient (Wildman–Crippen LogP) is 6.27. The molecule has 0 heterocycles. The molecule has 3 N–H and O–H groups in total. The van der Waals surface area contributed by atoms with Crippen LogP contribution in [0.1, 0.15) is 59.2 Å². The van der Waals surface area contributed by atoms with E-state index >= 15 is 0 Å². The Labute approximate surface area is 215 Å². The van der Waals surface area contributed by atoms with Crippen molar-refractivity contribution in [2.75, 3.05) is 5.32 Å². The fourth-order valence-electron chi connectivity index (χ4n) is 4.70. The van der Waals surface area contributed by atoms with Gasteiger partial charge in [-0.15, -0.1) is 0 Å². The molecule has 182 valence electrons. The number of para-hydroxylation sites is 1. The summed E-state index contributed by atoms with van der Waals surface area (Å²) in [5.74, 6) is 0.0698. The lowest BCUT2D eigenvalue weighted by atomic mass is 9.88. The molecule has 0 atom stereocenters. The lowest BCUT2D eigenvalue weighted by molar-refractivity contribution is -0.137. The molecule has 3 aromatic carbocycles. The Bertz CT molecular complexity index is 1170. The van der Waals surface area contributed by atoms with Crippen LogP contribution in [0.3, 0.4) is 0 Å². The summed E-state index contributed by atoms with van der Waals surface area (Å²) < 4.78 is 0.849. The lowest BCUT2D eigenvalue weighted by Crippen LogP contribution is -2.36. The average Bonchev–Trinajstić information content (AvgIpc) is 2.89. The van der Waals surface area contributed by atoms with Crippen molar-refractivity contribution in [2.45, 2.75) is 51.7 Å². The fraction of sp³-hybridized carbons (Fsp3) is 0.310. The van der Waals surface area contributed by atoms with Crippen LogP contribution in [-0.2, 0) is 24.4 Å². The van der Waals surface area contributed by atoms with Crippen molar-refractivity contribution in [3.63, 3.8) is 0 Å². The number of hydrogen-bond donors (Lipinski definition) is 2. The highest BCUT2D eigenvalue weighted by Crippen LogP contribution is 2.28. The lowest BCUT2D eigenvalue weighted by Gasteiger charge is -2.30. The summed E-state index contributed by atoms with van der Waals surface area (Å²) in [4.78, 5) is 28.5. The molecule has 2 amide bonds. The molecule has 1 aliphatic carbocycles. The van der Waals surface area contributed by atoms with Gasteiger partial charge >= 0.3 is 0 Å². The molecule has 0 radical (unpaired) electrons. The van der Waals surface area contributed by atoms with Crippen LogP contribution in [0.25, 0.3) is 0 Å². The summed E-state index contributed by atoms with van der Waals surface area (Å²) in [6, 6.07) is 23.1. The largest absolute Gasteiger partial charge is 0.334 e. The number of benzene rings is 3. The molecule has 0 bridgehead atoms. The summed E-state index contributed by atoms with van der Waals surface area (Å²) in [6.07, 6.45) is 5.30. The van der Waals surface area contributed by atoms with Crippen LogP contribution in [0.15, 0.2) is 77.3 Å². The monoisotopic (exact) mass is 533 g/mol. The van der Waals surface area contributed by atoms with Gasteiger partial charge in [0.2, 0.25) is 5.91 Å². The normalized spacial score (nSPS) is 13.9. The summed E-state index contributed by atoms with van der Waals surface area (Å²) in [5, 5.41) is 3.05. The maximum absolute atomic E-state index is 13.7. The average molecular weight is 534 g/mol. The molecule has 6 heteroatoms. The molecular formula is C29H32BrN3O2. The van der Waals surface area contributed by atoms with Gasteiger partial charge in [-0.05, 0) is 53.8 Å². The van der Waals surface area contributed by atoms with Crippen molar-refractivity contribution < 1.29 is 9.59 Å². The van der Waals surface area contributed by atoms with Crippen LogP contribution in [0.2, 0.25) is 0 Å². The minimum atomic E-state index is -0.181. The second kappa shape index (κ2) is 12.1. The van der Waals surface area contributed by atoms with Crippen molar-refractivity contribution >= 4 is 33.4 Å². The van der Waals surface area contributed by atoms with E-state index in [2.05, 4.69) is 27.3 Å². The minimum Gasteiger partial charge on any atom is -0.334 e. The predicted molar refractivity (Wildman–Crippen MR) is 144 cm³/mol. The number of amides is 2. The minimum absolute atomic E-state index is 0.0601. The first-order chi connectivity index (χ1) is 17.0. The molecule has 0 spiro atoms. The summed E-state index contributed by atoms with van der Waals surface area (Å²) in [6.45, 7) is 1.41. The van der Waals surface area contributed by atoms with Crippen LogP contribution < -0.4 is 11.1 Å². The molecule has 1 saturated carbocycles. The van der Waals surface area contributed by atoms with Crippen molar-refractivity contribution in [3.8, 4) is 0 Å². The zero-order valence-electron chi connectivity index (χ0n) is 19.9. The number of nitrogens with one attached hydrogen (secondary N) is 1. The molecule has 4 rings (SSSR count). The van der Waals surface area contributed by atoms with Crippen molar-refractivity contribution in [3.05, 3.63) is 99.5 Å². The highest BCUT2D eigenvalue weighted by Gasteiger charge is 2.27. The van der Waals surface area contributed by atoms with Gasteiger partial charge in [0, 0.05) is 41.3 Å². The number of anilines is 1. The Morgan fingerprint density at radius 1 is 0.886 bits per heavy atom. The first-order valence-corrected chi connectivity index (χ1v) is 13.0. The number of rotatable bonds is 8. The van der Waals surface area contributed by atoms with E-state index in [1.807, 2.05) is 59.5 Å². The third-order valence-electron chi connectivity index (χ3n) is 6.58. The Balaban J connectivity index is 1.58. The van der Waals surface area contributed by atoms with Crippen LogP contribution in [0, 0.1) is 5.92 Å². The van der Waals surface area contributed by atoms with Gasteiger partial charge < -0.3 is 16.0 Å². The molecule has 5 nitrogen and oxygen atoms in total. The third kappa shape index (κ3) is 6.80. The van der Waals surface area contributed by atoms with Crippen LogP contribution >= 0.6 is 15.9 Å². The Morgan fingerprint density at radius 2 is 1.63 bits per heavy atom. The first-order valence-electron chi connectivity index (χ1n) is 12.2. The van der Waals surface area contributed by atoms with Gasteiger partial charge in [-0.3, -0.25) is 9.59 Å². The number of halogens is 1. The number of carbonyl (C=O) groups excluding carboxylic acids is 2. The van der Waals surface area contributed by atoms with E-state index < -0.39 is 0 Å². The van der Waals surface area contributed by atoms with Gasteiger partial charge in [-0.1, -0.05) is 83.7 Å². The molecular weight excluding hydrogens is 502 g/mol. The number of hydrogen-bond acceptors (Lipinski definition) is 3.